The van der Waals surface area contributed by atoms with E-state index in [2.05, 4.69) is 48.9 Å². The normalized spacial score (nSPS) is 16.9. The molecule has 3 N–H and O–H groups in total. The summed E-state index contributed by atoms with van der Waals surface area (Å²) >= 11 is 5.17. The maximum atomic E-state index is 14.6. The van der Waals surface area contributed by atoms with Crippen molar-refractivity contribution in [2.75, 3.05) is 41.4 Å². The number of hydrogen-bond acceptors (Lipinski definition) is 5. The first-order valence-electron chi connectivity index (χ1n) is 13.1. The summed E-state index contributed by atoms with van der Waals surface area (Å²) in [5.41, 5.74) is 0.124. The van der Waals surface area contributed by atoms with Crippen molar-refractivity contribution in [2.45, 2.75) is 63.6 Å². The third-order valence-corrected chi connectivity index (χ3v) is 8.01. The molecule has 1 amide bonds. The van der Waals surface area contributed by atoms with Gasteiger partial charge in [-0.3, -0.25) is 10.1 Å². The monoisotopic (exact) mass is 632 g/mol. The highest BCUT2D eigenvalue weighted by atomic mass is 79.9. The Bertz CT molecular complexity index is 1040. The van der Waals surface area contributed by atoms with Crippen LogP contribution in [0, 0.1) is 0 Å². The van der Waals surface area contributed by atoms with Gasteiger partial charge in [-0.15, -0.1) is 0 Å². The zero-order valence-corrected chi connectivity index (χ0v) is 24.9. The van der Waals surface area contributed by atoms with Gasteiger partial charge in [0.1, 0.15) is 11.7 Å². The van der Waals surface area contributed by atoms with E-state index in [9.17, 15) is 22.4 Å². The van der Waals surface area contributed by atoms with Gasteiger partial charge in [-0.2, -0.15) is 24.9 Å². The van der Waals surface area contributed by atoms with Crippen LogP contribution in [0.5, 0.6) is 0 Å². The molecule has 3 atom stereocenters. The van der Waals surface area contributed by atoms with Crippen molar-refractivity contribution in [3.05, 3.63) is 58.6 Å². The molecule has 1 aliphatic heterocycles. The highest BCUT2D eigenvalue weighted by Gasteiger charge is 2.44. The van der Waals surface area contributed by atoms with E-state index in [1.54, 1.807) is 0 Å². The molecule has 2 aromatic rings. The van der Waals surface area contributed by atoms with Gasteiger partial charge >= 0.3 is 6.18 Å². The largest absolute Gasteiger partial charge is 0.407 e. The molecule has 0 aromatic heterocycles. The second-order valence-electron chi connectivity index (χ2n) is 10.3. The molecular weight excluding hydrogens is 596 g/mol. The van der Waals surface area contributed by atoms with Gasteiger partial charge in [0.05, 0.1) is 6.04 Å². The molecule has 2 aromatic carbocycles. The van der Waals surface area contributed by atoms with Gasteiger partial charge in [-0.25, -0.2) is 4.39 Å². The molecule has 11 heteroatoms. The van der Waals surface area contributed by atoms with Crippen LogP contribution in [-0.2, 0) is 4.79 Å². The molecule has 0 saturated carbocycles. The van der Waals surface area contributed by atoms with Gasteiger partial charge in [0.2, 0.25) is 5.91 Å². The first-order chi connectivity index (χ1) is 18.4. The summed E-state index contributed by atoms with van der Waals surface area (Å²) in [5, 5.41) is 8.53. The predicted molar refractivity (Wildman–Crippen MR) is 156 cm³/mol. The SMILES string of the molecule is CC[C@@H](CNc1ccc(N2CCSCC2)cc1)NC(=O)[C@H](CC(C)(C)F)N[C@@H](c1ccc(Br)cc1)C(F)(F)F. The van der Waals surface area contributed by atoms with E-state index in [4.69, 9.17) is 0 Å². The van der Waals surface area contributed by atoms with Crippen molar-refractivity contribution in [1.29, 1.82) is 0 Å². The average Bonchev–Trinajstić information content (AvgIpc) is 2.89. The van der Waals surface area contributed by atoms with Crippen molar-refractivity contribution in [2.24, 2.45) is 0 Å². The molecule has 3 rings (SSSR count). The highest BCUT2D eigenvalue weighted by molar-refractivity contribution is 9.10. The van der Waals surface area contributed by atoms with Crippen molar-refractivity contribution >= 4 is 45.0 Å². The smallest absolute Gasteiger partial charge is 0.383 e. The Balaban J connectivity index is 1.66. The predicted octanol–water partition coefficient (Wildman–Crippen LogP) is 6.71. The number of thioether (sulfide) groups is 1. The second-order valence-corrected chi connectivity index (χ2v) is 12.4. The number of benzene rings is 2. The molecule has 1 saturated heterocycles. The minimum atomic E-state index is -4.68. The lowest BCUT2D eigenvalue weighted by molar-refractivity contribution is -0.161. The fourth-order valence-corrected chi connectivity index (χ4v) is 5.57. The summed E-state index contributed by atoms with van der Waals surface area (Å²) < 4.78 is 57.4. The van der Waals surface area contributed by atoms with Crippen molar-refractivity contribution in [3.63, 3.8) is 0 Å². The fourth-order valence-electron chi connectivity index (χ4n) is 4.40. The van der Waals surface area contributed by atoms with Crippen LogP contribution in [0.2, 0.25) is 0 Å². The number of carbonyl (C=O) groups is 1. The Kier molecular flexibility index (Phi) is 11.4. The molecule has 0 spiro atoms. The average molecular weight is 634 g/mol. The van der Waals surface area contributed by atoms with Gasteiger partial charge in [0.15, 0.2) is 0 Å². The Labute approximate surface area is 241 Å². The van der Waals surface area contributed by atoms with Crippen LogP contribution in [0.4, 0.5) is 28.9 Å². The number of anilines is 2. The van der Waals surface area contributed by atoms with Crippen LogP contribution in [0.15, 0.2) is 53.0 Å². The molecule has 1 fully saturated rings. The van der Waals surface area contributed by atoms with Crippen LogP contribution in [0.1, 0.15) is 45.2 Å². The fraction of sp³-hybridized carbons (Fsp3) is 0.536. The Morgan fingerprint density at radius 1 is 1.03 bits per heavy atom. The van der Waals surface area contributed by atoms with Gasteiger partial charge in [0.25, 0.3) is 0 Å². The van der Waals surface area contributed by atoms with Crippen LogP contribution in [0.25, 0.3) is 0 Å². The quantitative estimate of drug-likeness (QED) is 0.227. The lowest BCUT2D eigenvalue weighted by Crippen LogP contribution is -2.53. The van der Waals surface area contributed by atoms with Crippen molar-refractivity contribution < 1.29 is 22.4 Å². The van der Waals surface area contributed by atoms with Crippen LogP contribution < -0.4 is 20.9 Å². The summed E-state index contributed by atoms with van der Waals surface area (Å²) in [6.07, 6.45) is -4.55. The summed E-state index contributed by atoms with van der Waals surface area (Å²) in [7, 11) is 0. The number of nitrogens with zero attached hydrogens (tertiary/aromatic N) is 1. The molecule has 0 radical (unpaired) electrons. The van der Waals surface area contributed by atoms with Gasteiger partial charge in [0, 0.05) is 59.5 Å². The minimum Gasteiger partial charge on any atom is -0.383 e. The topological polar surface area (TPSA) is 56.4 Å². The lowest BCUT2D eigenvalue weighted by atomic mass is 9.97. The summed E-state index contributed by atoms with van der Waals surface area (Å²) in [6.45, 7) is 6.80. The van der Waals surface area contributed by atoms with E-state index in [0.717, 1.165) is 36.0 Å². The standard InChI is InChI=1S/C28H37BrF4N4OS/c1-4-21(18-34-22-9-11-23(12-10-22)37-13-15-39-16-14-37)35-26(38)24(17-27(2,3)30)36-25(28(31,32)33)19-5-7-20(29)8-6-19/h5-12,21,24-25,34,36H,4,13-18H2,1-3H3,(H,35,38)/t21-,24-,25-/m0/s1. The molecule has 0 unspecified atom stereocenters. The number of hydrogen-bond donors (Lipinski definition) is 3. The lowest BCUT2D eigenvalue weighted by Gasteiger charge is -2.31. The number of carbonyl (C=O) groups excluding carboxylic acids is 1. The highest BCUT2D eigenvalue weighted by Crippen LogP contribution is 2.34. The molecule has 216 valence electrons. The molecule has 1 heterocycles. The van der Waals surface area contributed by atoms with E-state index in [1.807, 2.05) is 30.8 Å². The van der Waals surface area contributed by atoms with E-state index in [-0.39, 0.29) is 11.6 Å². The molecule has 5 nitrogen and oxygen atoms in total. The second kappa shape index (κ2) is 14.1. The number of nitrogens with one attached hydrogen (secondary N) is 3. The maximum absolute atomic E-state index is 14.6. The van der Waals surface area contributed by atoms with Crippen LogP contribution in [-0.4, -0.2) is 61.0 Å². The Morgan fingerprint density at radius 3 is 2.18 bits per heavy atom. The minimum absolute atomic E-state index is 0.0550. The van der Waals surface area contributed by atoms with Gasteiger partial charge < -0.3 is 15.5 Å². The molecular formula is C28H37BrF4N4OS. The van der Waals surface area contributed by atoms with E-state index in [0.29, 0.717) is 17.4 Å². The molecule has 1 aliphatic rings. The Hall–Kier alpha value is -1.98. The summed E-state index contributed by atoms with van der Waals surface area (Å²) in [5.74, 6) is 1.56. The van der Waals surface area contributed by atoms with Crippen molar-refractivity contribution in [1.82, 2.24) is 10.6 Å². The molecule has 0 aliphatic carbocycles. The van der Waals surface area contributed by atoms with Crippen molar-refractivity contribution in [3.8, 4) is 0 Å². The Morgan fingerprint density at radius 2 is 1.64 bits per heavy atom. The third kappa shape index (κ3) is 10.2. The zero-order chi connectivity index (χ0) is 28.6. The van der Waals surface area contributed by atoms with E-state index in [1.165, 1.54) is 38.1 Å². The summed E-state index contributed by atoms with van der Waals surface area (Å²) in [6, 6.07) is 9.86. The number of rotatable bonds is 12. The first-order valence-corrected chi connectivity index (χ1v) is 15.0. The van der Waals surface area contributed by atoms with Crippen LogP contribution >= 0.6 is 27.7 Å². The zero-order valence-electron chi connectivity index (χ0n) is 22.5. The van der Waals surface area contributed by atoms with E-state index >= 15 is 0 Å². The number of alkyl halides is 4. The molecule has 0 bridgehead atoms. The maximum Gasteiger partial charge on any atom is 0.407 e. The molecule has 39 heavy (non-hydrogen) atoms. The number of amides is 1. The number of halogens is 5. The van der Waals surface area contributed by atoms with Crippen LogP contribution in [0.3, 0.4) is 0 Å². The van der Waals surface area contributed by atoms with Gasteiger partial charge in [-0.05, 0) is 62.2 Å². The summed E-state index contributed by atoms with van der Waals surface area (Å²) in [4.78, 5) is 15.6. The van der Waals surface area contributed by atoms with Gasteiger partial charge in [-0.1, -0.05) is 35.0 Å². The first kappa shape index (κ1) is 31.5. The third-order valence-electron chi connectivity index (χ3n) is 6.54. The van der Waals surface area contributed by atoms with E-state index < -0.39 is 36.3 Å².